The minimum atomic E-state index is -0.262. The highest BCUT2D eigenvalue weighted by Gasteiger charge is 2.20. The first-order valence-electron chi connectivity index (χ1n) is 8.95. The lowest BCUT2D eigenvalue weighted by Crippen LogP contribution is -2.43. The number of carbonyl (C=O) groups excluding carboxylic acids is 2. The third kappa shape index (κ3) is 4.28. The average Bonchev–Trinajstić information content (AvgIpc) is 2.92. The van der Waals surface area contributed by atoms with E-state index in [1.807, 2.05) is 43.3 Å². The highest BCUT2D eigenvalue weighted by molar-refractivity contribution is 7.14. The molecule has 25 heavy (non-hydrogen) atoms. The molecule has 1 aromatic heterocycles. The van der Waals surface area contributed by atoms with E-state index in [0.29, 0.717) is 11.3 Å². The molecule has 0 bridgehead atoms. The fraction of sp³-hybridized carbons (Fsp3) is 0.400. The molecule has 0 spiro atoms. The number of fused-ring (bicyclic) bond motifs is 1. The molecule has 5 heteroatoms. The molecule has 1 atom stereocenters. The van der Waals surface area contributed by atoms with Crippen LogP contribution in [0.4, 0.5) is 0 Å². The number of hydrazine groups is 1. The Hall–Kier alpha value is -2.14. The lowest BCUT2D eigenvalue weighted by atomic mass is 9.96. The van der Waals surface area contributed by atoms with Crippen molar-refractivity contribution < 1.29 is 9.59 Å². The third-order valence-electron chi connectivity index (χ3n) is 4.70. The molecule has 0 saturated heterocycles. The van der Waals surface area contributed by atoms with Gasteiger partial charge in [-0.15, -0.1) is 11.3 Å². The molecule has 2 N–H and O–H groups in total. The Bertz CT molecular complexity index is 716. The smallest absolute Gasteiger partial charge is 0.273 e. The van der Waals surface area contributed by atoms with Crippen molar-refractivity contribution in [2.75, 3.05) is 0 Å². The summed E-state index contributed by atoms with van der Waals surface area (Å²) in [7, 11) is 0. The molecule has 3 rings (SSSR count). The van der Waals surface area contributed by atoms with E-state index in [0.717, 1.165) is 18.4 Å². The van der Waals surface area contributed by atoms with Crippen LogP contribution in [0.1, 0.15) is 64.2 Å². The van der Waals surface area contributed by atoms with Crippen LogP contribution in [0.25, 0.3) is 0 Å². The topological polar surface area (TPSA) is 58.2 Å². The van der Waals surface area contributed by atoms with Gasteiger partial charge in [-0.05, 0) is 49.3 Å². The van der Waals surface area contributed by atoms with E-state index in [9.17, 15) is 9.59 Å². The summed E-state index contributed by atoms with van der Waals surface area (Å²) in [5, 5.41) is 0. The average molecular weight is 356 g/mol. The maximum atomic E-state index is 12.4. The lowest BCUT2D eigenvalue weighted by molar-refractivity contribution is -0.123. The van der Waals surface area contributed by atoms with E-state index in [1.165, 1.54) is 29.7 Å². The minimum absolute atomic E-state index is 0.180. The number of aryl methyl sites for hydroxylation is 2. The Labute approximate surface area is 152 Å². The van der Waals surface area contributed by atoms with Crippen LogP contribution < -0.4 is 10.9 Å². The number of rotatable bonds is 4. The predicted octanol–water partition coefficient (Wildman–Crippen LogP) is 3.97. The summed E-state index contributed by atoms with van der Waals surface area (Å²) in [6.45, 7) is 1.97. The quantitative estimate of drug-likeness (QED) is 0.643. The van der Waals surface area contributed by atoms with Crippen molar-refractivity contribution in [1.29, 1.82) is 0 Å². The van der Waals surface area contributed by atoms with Gasteiger partial charge in [0.1, 0.15) is 0 Å². The number of hydrogen-bond acceptors (Lipinski definition) is 3. The molecule has 0 fully saturated rings. The van der Waals surface area contributed by atoms with Crippen LogP contribution in [0.3, 0.4) is 0 Å². The fourth-order valence-electron chi connectivity index (χ4n) is 3.30. The van der Waals surface area contributed by atoms with Crippen molar-refractivity contribution in [2.45, 2.75) is 51.4 Å². The Morgan fingerprint density at radius 2 is 1.84 bits per heavy atom. The molecule has 4 nitrogen and oxygen atoms in total. The van der Waals surface area contributed by atoms with Gasteiger partial charge in [0.2, 0.25) is 5.91 Å². The Morgan fingerprint density at radius 3 is 2.60 bits per heavy atom. The van der Waals surface area contributed by atoms with Crippen molar-refractivity contribution >= 4 is 23.2 Å². The second-order valence-corrected chi connectivity index (χ2v) is 7.57. The van der Waals surface area contributed by atoms with Crippen molar-refractivity contribution in [3.63, 3.8) is 0 Å². The maximum absolute atomic E-state index is 12.4. The van der Waals surface area contributed by atoms with Crippen molar-refractivity contribution in [3.05, 3.63) is 57.3 Å². The predicted molar refractivity (Wildman–Crippen MR) is 101 cm³/mol. The Balaban J connectivity index is 1.61. The van der Waals surface area contributed by atoms with E-state index in [4.69, 9.17) is 0 Å². The first-order chi connectivity index (χ1) is 12.2. The Kier molecular flexibility index (Phi) is 5.87. The first kappa shape index (κ1) is 17.7. The van der Waals surface area contributed by atoms with E-state index >= 15 is 0 Å². The highest BCUT2D eigenvalue weighted by atomic mass is 32.1. The number of thiophene rings is 1. The van der Waals surface area contributed by atoms with Crippen LogP contribution in [0.15, 0.2) is 36.4 Å². The summed E-state index contributed by atoms with van der Waals surface area (Å²) in [6, 6.07) is 11.6. The number of nitrogens with one attached hydrogen (secondary N) is 2. The third-order valence-corrected chi connectivity index (χ3v) is 5.93. The van der Waals surface area contributed by atoms with Crippen LogP contribution >= 0.6 is 11.3 Å². The van der Waals surface area contributed by atoms with Gasteiger partial charge in [-0.2, -0.15) is 0 Å². The summed E-state index contributed by atoms with van der Waals surface area (Å²) >= 11 is 1.56. The standard InChI is InChI=1S/C20H24N2O2S/c1-2-16(14-9-5-3-6-10-14)19(23)21-22-20(24)18-13-15-11-7-4-8-12-17(15)25-18/h3,5-6,9-10,13,16H,2,4,7-8,11-12H2,1H3,(H,21,23)(H,22,24). The summed E-state index contributed by atoms with van der Waals surface area (Å²) in [4.78, 5) is 26.8. The van der Waals surface area contributed by atoms with Crippen molar-refractivity contribution in [2.24, 2.45) is 0 Å². The molecule has 1 aromatic carbocycles. The number of amides is 2. The van der Waals surface area contributed by atoms with E-state index in [2.05, 4.69) is 10.9 Å². The molecule has 132 valence electrons. The monoisotopic (exact) mass is 356 g/mol. The van der Waals surface area contributed by atoms with Gasteiger partial charge in [-0.1, -0.05) is 43.7 Å². The normalized spacial score (nSPS) is 14.9. The molecule has 2 aromatic rings. The minimum Gasteiger partial charge on any atom is -0.273 e. The van der Waals surface area contributed by atoms with Crippen LogP contribution in [0.2, 0.25) is 0 Å². The summed E-state index contributed by atoms with van der Waals surface area (Å²) in [5.41, 5.74) is 7.43. The van der Waals surface area contributed by atoms with Gasteiger partial charge in [-0.3, -0.25) is 20.4 Å². The largest absolute Gasteiger partial charge is 0.279 e. The SMILES string of the molecule is CCC(C(=O)NNC(=O)c1cc2c(s1)CCCCC2)c1ccccc1. The zero-order chi connectivity index (χ0) is 17.6. The fourth-order valence-corrected chi connectivity index (χ4v) is 4.45. The summed E-state index contributed by atoms with van der Waals surface area (Å²) in [5.74, 6) is -0.670. The van der Waals surface area contributed by atoms with Crippen LogP contribution in [-0.2, 0) is 17.6 Å². The second kappa shape index (κ2) is 8.30. The lowest BCUT2D eigenvalue weighted by Gasteiger charge is -2.15. The number of benzene rings is 1. The van der Waals surface area contributed by atoms with Crippen molar-refractivity contribution in [1.82, 2.24) is 10.9 Å². The van der Waals surface area contributed by atoms with Gasteiger partial charge in [0.15, 0.2) is 0 Å². The van der Waals surface area contributed by atoms with E-state index in [-0.39, 0.29) is 17.7 Å². The molecule has 0 radical (unpaired) electrons. The molecule has 1 unspecified atom stereocenters. The molecule has 0 saturated carbocycles. The van der Waals surface area contributed by atoms with Crippen molar-refractivity contribution in [3.8, 4) is 0 Å². The Morgan fingerprint density at radius 1 is 1.08 bits per heavy atom. The molecule has 2 amide bonds. The van der Waals surface area contributed by atoms with E-state index in [1.54, 1.807) is 11.3 Å². The van der Waals surface area contributed by atoms with Gasteiger partial charge in [-0.25, -0.2) is 0 Å². The number of hydrogen-bond donors (Lipinski definition) is 2. The number of carbonyl (C=O) groups is 2. The summed E-state index contributed by atoms with van der Waals surface area (Å²) in [6.07, 6.45) is 6.44. The van der Waals surface area contributed by atoms with Crippen LogP contribution in [0, 0.1) is 0 Å². The zero-order valence-corrected chi connectivity index (χ0v) is 15.3. The zero-order valence-electron chi connectivity index (χ0n) is 14.5. The molecular weight excluding hydrogens is 332 g/mol. The van der Waals surface area contributed by atoms with Crippen LogP contribution in [-0.4, -0.2) is 11.8 Å². The highest BCUT2D eigenvalue weighted by Crippen LogP contribution is 2.28. The second-order valence-electron chi connectivity index (χ2n) is 6.43. The molecule has 1 aliphatic rings. The van der Waals surface area contributed by atoms with Gasteiger partial charge < -0.3 is 0 Å². The van der Waals surface area contributed by atoms with E-state index < -0.39 is 0 Å². The van der Waals surface area contributed by atoms with Crippen LogP contribution in [0.5, 0.6) is 0 Å². The molecule has 0 aliphatic heterocycles. The van der Waals surface area contributed by atoms with Gasteiger partial charge in [0.05, 0.1) is 10.8 Å². The molecular formula is C20H24N2O2S. The molecule has 1 heterocycles. The summed E-state index contributed by atoms with van der Waals surface area (Å²) < 4.78 is 0. The van der Waals surface area contributed by atoms with Gasteiger partial charge in [0.25, 0.3) is 5.91 Å². The first-order valence-corrected chi connectivity index (χ1v) is 9.77. The molecule has 1 aliphatic carbocycles. The van der Waals surface area contributed by atoms with Gasteiger partial charge >= 0.3 is 0 Å². The van der Waals surface area contributed by atoms with Gasteiger partial charge in [0, 0.05) is 4.88 Å². The maximum Gasteiger partial charge on any atom is 0.279 e.